The fourth-order valence-corrected chi connectivity index (χ4v) is 14.7. The number of aromatic nitrogens is 9. The Morgan fingerprint density at radius 2 is 0.632 bits per heavy atom. The third-order valence-corrected chi connectivity index (χ3v) is 21.2. The van der Waals surface area contributed by atoms with Crippen molar-refractivity contribution in [2.75, 3.05) is 0 Å². The van der Waals surface area contributed by atoms with E-state index >= 15 is 0 Å². The van der Waals surface area contributed by atoms with Gasteiger partial charge in [-0.05, 0) is 219 Å². The van der Waals surface area contributed by atoms with Crippen molar-refractivity contribution in [3.05, 3.63) is 235 Å². The van der Waals surface area contributed by atoms with E-state index in [0.29, 0.717) is 45.7 Å². The van der Waals surface area contributed by atoms with Gasteiger partial charge >= 0.3 is 0 Å². The van der Waals surface area contributed by atoms with Crippen molar-refractivity contribution < 1.29 is 30.6 Å². The Bertz CT molecular complexity index is 5260. The molecule has 0 unspecified atom stereocenters. The topological polar surface area (TPSA) is 214 Å². The van der Waals surface area contributed by atoms with E-state index in [1.54, 1.807) is 29.1 Å². The van der Waals surface area contributed by atoms with E-state index in [9.17, 15) is 30.6 Å². The zero-order valence-corrected chi connectivity index (χ0v) is 77.4. The molecule has 628 valence electrons. The molecule has 0 saturated heterocycles. The number of benzene rings is 9. The maximum Gasteiger partial charge on any atom is 0.146 e. The third-order valence-electron chi connectivity index (χ3n) is 21.0. The van der Waals surface area contributed by atoms with Gasteiger partial charge in [0.25, 0.3) is 0 Å². The number of phenolic OH excluding ortho intramolecular Hbond substituents is 6. The van der Waals surface area contributed by atoms with Crippen molar-refractivity contribution >= 4 is 44.7 Å². The molecule has 12 rings (SSSR count). The zero-order valence-electron chi connectivity index (χ0n) is 76.6. The van der Waals surface area contributed by atoms with Gasteiger partial charge in [0.1, 0.15) is 79.0 Å². The van der Waals surface area contributed by atoms with E-state index in [0.717, 1.165) is 96.1 Å². The van der Waals surface area contributed by atoms with Crippen LogP contribution in [-0.2, 0) is 67.1 Å². The van der Waals surface area contributed by atoms with Gasteiger partial charge in [-0.2, -0.15) is 15.0 Å². The van der Waals surface area contributed by atoms with Crippen LogP contribution in [0.25, 0.3) is 44.5 Å². The molecule has 0 radical (unpaired) electrons. The van der Waals surface area contributed by atoms with Gasteiger partial charge < -0.3 is 30.6 Å². The maximum absolute atomic E-state index is 11.1. The van der Waals surface area contributed by atoms with Crippen LogP contribution >= 0.6 is 11.6 Å². The maximum atomic E-state index is 11.1. The lowest BCUT2D eigenvalue weighted by Crippen LogP contribution is -2.25. The molecule has 15 nitrogen and oxygen atoms in total. The summed E-state index contributed by atoms with van der Waals surface area (Å²) in [5, 5.41) is 91.1. The summed E-state index contributed by atoms with van der Waals surface area (Å²) in [7, 11) is 0. The molecule has 0 aliphatic rings. The van der Waals surface area contributed by atoms with Gasteiger partial charge in [-0.3, -0.25) is 0 Å². The molecule has 9 aromatic carbocycles. The van der Waals surface area contributed by atoms with Crippen molar-refractivity contribution in [1.82, 2.24) is 45.0 Å². The predicted molar refractivity (Wildman–Crippen MR) is 488 cm³/mol. The summed E-state index contributed by atoms with van der Waals surface area (Å²) >= 11 is 6.05. The Kier molecular flexibility index (Phi) is 26.9. The van der Waals surface area contributed by atoms with Gasteiger partial charge in [0.15, 0.2) is 0 Å². The summed E-state index contributed by atoms with van der Waals surface area (Å²) < 4.78 is 0. The van der Waals surface area contributed by atoms with Crippen LogP contribution in [0.5, 0.6) is 34.5 Å². The second-order valence-corrected chi connectivity index (χ2v) is 43.5. The summed E-state index contributed by atoms with van der Waals surface area (Å²) in [5.41, 5.74) is 20.2. The fourth-order valence-electron chi connectivity index (χ4n) is 14.5. The van der Waals surface area contributed by atoms with Crippen molar-refractivity contribution in [3.8, 4) is 45.9 Å². The molecule has 3 aromatic heterocycles. The molecular weight excluding hydrogens is 1470 g/mol. The van der Waals surface area contributed by atoms with Crippen LogP contribution in [0.4, 0.5) is 0 Å². The van der Waals surface area contributed by atoms with Crippen LogP contribution in [-0.4, -0.2) is 75.6 Å². The smallest absolute Gasteiger partial charge is 0.146 e. The van der Waals surface area contributed by atoms with E-state index in [1.807, 2.05) is 85.8 Å². The number of aromatic hydroxyl groups is 6. The molecule has 0 fully saturated rings. The number of rotatable bonds is 8. The summed E-state index contributed by atoms with van der Waals surface area (Å²) in [6.07, 6.45) is 1.83. The lowest BCUT2D eigenvalue weighted by molar-refractivity contribution is 0.284. The minimum Gasteiger partial charge on any atom is -0.508 e. The second kappa shape index (κ2) is 33.9. The monoisotopic (exact) mass is 1610 g/mol. The number of hydrogen-bond acceptors (Lipinski definition) is 12. The Balaban J connectivity index is 0.000000185. The van der Waals surface area contributed by atoms with Crippen LogP contribution in [0.1, 0.15) is 306 Å². The molecule has 6 N–H and O–H groups in total. The van der Waals surface area contributed by atoms with Gasteiger partial charge in [-0.15, -0.1) is 30.0 Å². The molecule has 0 amide bonds. The Morgan fingerprint density at radius 3 is 1.01 bits per heavy atom. The molecule has 16 heteroatoms. The first kappa shape index (κ1) is 92.8. The summed E-state index contributed by atoms with van der Waals surface area (Å²) in [6.45, 7) is 71.8. The molecule has 0 aliphatic heterocycles. The molecule has 0 saturated carbocycles. The quantitative estimate of drug-likeness (QED) is 0.0838. The Labute approximate surface area is 704 Å². The molecule has 12 aromatic rings. The zero-order chi connectivity index (χ0) is 88.0. The predicted octanol–water partition coefficient (Wildman–Crippen LogP) is 25.9. The normalized spacial score (nSPS) is 12.8. The van der Waals surface area contributed by atoms with Crippen LogP contribution < -0.4 is 0 Å². The number of hydrogen-bond donors (Lipinski definition) is 6. The minimum absolute atomic E-state index is 0.0307. The second-order valence-electron chi connectivity index (χ2n) is 43.1. The van der Waals surface area contributed by atoms with Gasteiger partial charge in [0, 0.05) is 16.1 Å². The lowest BCUT2D eigenvalue weighted by Gasteiger charge is -2.33. The third kappa shape index (κ3) is 23.6. The lowest BCUT2D eigenvalue weighted by atomic mass is 9.72. The van der Waals surface area contributed by atoms with E-state index in [4.69, 9.17) is 11.6 Å². The standard InChI is InChI=1S/C29H44O2.C21H27N3O.C20H24ClN3O.C18H30O.C13H11N3O/c1-26(2,3)20-14-18(15-21(24(20)30)27(4,5)6)13-19-16-22(28(7,8)9)25(31)23(17-19)29(10,11)12;1-20(2,3)14-21(4,5)16-10-11-19(25)15(12-16)13-24-22-17-8-6-7-9-18(17)23-24;1-19(2,3)12-9-14(20(4,5)6)18(25)17(10-12)24-22-15-8-7-13(21)11-16(15)23-24;1-16(2,3)12-10-13(17(4,5)6)15(19)14(11-12)18(7,8)9;1-9-6-7-13(17)12(8-9)16-14-10-4-2-3-5-11(10)15-16/h14-17,30-31H,13H2,1-12H3;6-12,25H,13-14H2,1-5H3;7-11,25H,1-6H3;10-11,19H,1-9H3;2-8,17H,1H3. The Morgan fingerprint density at radius 1 is 0.299 bits per heavy atom. The number of aryl methyl sites for hydroxylation is 1. The van der Waals surface area contributed by atoms with Crippen LogP contribution in [0, 0.1) is 12.3 Å². The summed E-state index contributed by atoms with van der Waals surface area (Å²) in [6, 6.07) is 49.1. The van der Waals surface area contributed by atoms with Crippen molar-refractivity contribution in [2.24, 2.45) is 5.41 Å². The molecule has 0 aliphatic carbocycles. The van der Waals surface area contributed by atoms with Crippen molar-refractivity contribution in [1.29, 1.82) is 0 Å². The largest absolute Gasteiger partial charge is 0.508 e. The van der Waals surface area contributed by atoms with Crippen LogP contribution in [0.2, 0.25) is 5.02 Å². The fraction of sp³-hybridized carbons (Fsp3) is 0.465. The highest BCUT2D eigenvalue weighted by atomic mass is 35.5. The highest BCUT2D eigenvalue weighted by molar-refractivity contribution is 6.31. The van der Waals surface area contributed by atoms with Gasteiger partial charge in [0.05, 0.1) is 6.54 Å². The first-order valence-electron chi connectivity index (χ1n) is 41.1. The average molecular weight is 1610 g/mol. The summed E-state index contributed by atoms with van der Waals surface area (Å²) in [4.78, 5) is 4.62. The molecule has 3 heterocycles. The van der Waals surface area contributed by atoms with Crippen LogP contribution in [0.3, 0.4) is 0 Å². The van der Waals surface area contributed by atoms with E-state index in [-0.39, 0.29) is 76.8 Å². The molecule has 0 atom stereocenters. The minimum atomic E-state index is -0.198. The van der Waals surface area contributed by atoms with Gasteiger partial charge in [-0.1, -0.05) is 312 Å². The molecule has 0 bridgehead atoms. The molecule has 0 spiro atoms. The number of fused-ring (bicyclic) bond motifs is 3. The number of phenols is 6. The highest BCUT2D eigenvalue weighted by Gasteiger charge is 2.34. The molecular formula is C101H136ClN9O6. The molecule has 117 heavy (non-hydrogen) atoms. The summed E-state index contributed by atoms with van der Waals surface area (Å²) in [5.74, 6) is 1.98. The number of halogens is 1. The van der Waals surface area contributed by atoms with Crippen molar-refractivity contribution in [2.45, 2.75) is 302 Å². The van der Waals surface area contributed by atoms with Crippen LogP contribution in [0.15, 0.2) is 152 Å². The highest BCUT2D eigenvalue weighted by Crippen LogP contribution is 2.47. The van der Waals surface area contributed by atoms with E-state index < -0.39 is 0 Å². The van der Waals surface area contributed by atoms with Crippen molar-refractivity contribution in [3.63, 3.8) is 0 Å². The van der Waals surface area contributed by atoms with Gasteiger partial charge in [0.2, 0.25) is 0 Å². The Hall–Kier alpha value is -9.73. The van der Waals surface area contributed by atoms with E-state index in [1.165, 1.54) is 31.8 Å². The first-order chi connectivity index (χ1) is 53.3. The first-order valence-corrected chi connectivity index (χ1v) is 41.5. The number of nitrogens with zero attached hydrogens (tertiary/aromatic N) is 9. The SMILES string of the molecule is CC(C)(C)CC(C)(C)c1ccc(O)c(Cn2nc3ccccc3n2)c1.CC(C)(C)c1cc(-n2nc3ccc(Cl)cc3n2)c(O)c(C(C)(C)C)c1.CC(C)(C)c1cc(C(C)(C)C)c(O)c(C(C)(C)C)c1.CC(C)(C)c1cc(Cc2cc(C(C)(C)C)c(O)c(C(C)(C)C)c2)cc(C(C)(C)C)c1O.Cc1ccc(O)c(-n2nc3ccccc3n2)c1. The average Bonchev–Trinajstić information content (AvgIpc) is 0.993. The van der Waals surface area contributed by atoms with Gasteiger partial charge in [-0.25, -0.2) is 0 Å². The van der Waals surface area contributed by atoms with E-state index in [2.05, 4.69) is 301 Å².